The highest BCUT2D eigenvalue weighted by Crippen LogP contribution is 2.26. The molecule has 4 heteroatoms. The number of carbonyl (C=O) groups excluding carboxylic acids is 1. The van der Waals surface area contributed by atoms with E-state index in [-0.39, 0.29) is 5.91 Å². The van der Waals surface area contributed by atoms with Crippen LogP contribution in [0.3, 0.4) is 0 Å². The number of halogens is 1. The Morgan fingerprint density at radius 1 is 1.19 bits per heavy atom. The number of amides is 1. The van der Waals surface area contributed by atoms with Crippen LogP contribution >= 0.6 is 15.9 Å². The molecule has 2 aliphatic rings. The number of rotatable bonds is 2. The van der Waals surface area contributed by atoms with Crippen LogP contribution in [-0.2, 0) is 0 Å². The van der Waals surface area contributed by atoms with Crippen molar-refractivity contribution in [3.8, 4) is 0 Å². The molecule has 0 bridgehead atoms. The van der Waals surface area contributed by atoms with Crippen molar-refractivity contribution < 1.29 is 4.79 Å². The summed E-state index contributed by atoms with van der Waals surface area (Å²) in [6.07, 6.45) is 4.89. The molecule has 1 aromatic carbocycles. The third kappa shape index (κ3) is 3.32. The number of hydrogen-bond donors (Lipinski definition) is 0. The van der Waals surface area contributed by atoms with E-state index in [4.69, 9.17) is 0 Å². The summed E-state index contributed by atoms with van der Waals surface area (Å²) < 4.78 is 0.967. The number of likely N-dealkylation sites (tertiary alicyclic amines) is 2. The van der Waals surface area contributed by atoms with Gasteiger partial charge in [0.15, 0.2) is 0 Å². The highest BCUT2D eigenvalue weighted by molar-refractivity contribution is 9.10. The van der Waals surface area contributed by atoms with Crippen molar-refractivity contribution in [1.29, 1.82) is 0 Å². The third-order valence-electron chi connectivity index (χ3n) is 4.90. The van der Waals surface area contributed by atoms with Gasteiger partial charge in [0.1, 0.15) is 0 Å². The molecule has 2 heterocycles. The lowest BCUT2D eigenvalue weighted by molar-refractivity contribution is 0.0611. The first-order chi connectivity index (χ1) is 10.1. The van der Waals surface area contributed by atoms with Gasteiger partial charge in [-0.25, -0.2) is 0 Å². The van der Waals surface area contributed by atoms with Gasteiger partial charge in [0.2, 0.25) is 0 Å². The standard InChI is InChI=1S/C17H23BrN2O/c1-13-4-3-9-20(13)16-7-10-19(11-8-16)17(21)14-5-2-6-15(18)12-14/h2,5-6,12-13,16H,3-4,7-11H2,1H3. The molecule has 0 saturated carbocycles. The second kappa shape index (κ2) is 6.49. The smallest absolute Gasteiger partial charge is 0.253 e. The van der Waals surface area contributed by atoms with Gasteiger partial charge in [0.05, 0.1) is 0 Å². The molecular weight excluding hydrogens is 328 g/mol. The monoisotopic (exact) mass is 350 g/mol. The van der Waals surface area contributed by atoms with Crippen LogP contribution in [0.1, 0.15) is 43.0 Å². The van der Waals surface area contributed by atoms with Crippen molar-refractivity contribution in [3.05, 3.63) is 34.3 Å². The SMILES string of the molecule is CC1CCCN1C1CCN(C(=O)c2cccc(Br)c2)CC1. The molecule has 2 saturated heterocycles. The molecule has 114 valence electrons. The van der Waals surface area contributed by atoms with Gasteiger partial charge >= 0.3 is 0 Å². The van der Waals surface area contributed by atoms with Gasteiger partial charge in [0, 0.05) is 35.2 Å². The summed E-state index contributed by atoms with van der Waals surface area (Å²) in [6.45, 7) is 5.36. The fourth-order valence-electron chi connectivity index (χ4n) is 3.70. The molecule has 0 aliphatic carbocycles. The van der Waals surface area contributed by atoms with Crippen LogP contribution in [0.2, 0.25) is 0 Å². The molecule has 0 spiro atoms. The van der Waals surface area contributed by atoms with Crippen molar-refractivity contribution in [2.75, 3.05) is 19.6 Å². The maximum atomic E-state index is 12.5. The zero-order valence-electron chi connectivity index (χ0n) is 12.6. The van der Waals surface area contributed by atoms with E-state index in [2.05, 4.69) is 27.8 Å². The van der Waals surface area contributed by atoms with Gasteiger partial charge in [-0.3, -0.25) is 9.69 Å². The minimum absolute atomic E-state index is 0.171. The van der Waals surface area contributed by atoms with Gasteiger partial charge in [-0.2, -0.15) is 0 Å². The second-order valence-electron chi connectivity index (χ2n) is 6.26. The molecule has 0 aromatic heterocycles. The second-order valence-corrected chi connectivity index (χ2v) is 7.18. The summed E-state index contributed by atoms with van der Waals surface area (Å²) in [5.74, 6) is 0.171. The molecule has 0 N–H and O–H groups in total. The van der Waals surface area contributed by atoms with Crippen molar-refractivity contribution in [2.45, 2.75) is 44.7 Å². The Bertz CT molecular complexity index is 511. The largest absolute Gasteiger partial charge is 0.339 e. The third-order valence-corrected chi connectivity index (χ3v) is 5.39. The number of benzene rings is 1. The molecule has 3 rings (SSSR count). The minimum Gasteiger partial charge on any atom is -0.339 e. The first kappa shape index (κ1) is 15.0. The summed E-state index contributed by atoms with van der Waals surface area (Å²) in [4.78, 5) is 17.2. The van der Waals surface area contributed by atoms with Crippen LogP contribution in [-0.4, -0.2) is 47.4 Å². The average molecular weight is 351 g/mol. The van der Waals surface area contributed by atoms with Crippen LogP contribution in [0.4, 0.5) is 0 Å². The van der Waals surface area contributed by atoms with Crippen molar-refractivity contribution in [3.63, 3.8) is 0 Å². The number of carbonyl (C=O) groups is 1. The highest BCUT2D eigenvalue weighted by Gasteiger charge is 2.31. The van der Waals surface area contributed by atoms with E-state index < -0.39 is 0 Å². The van der Waals surface area contributed by atoms with Crippen LogP contribution < -0.4 is 0 Å². The lowest BCUT2D eigenvalue weighted by Crippen LogP contribution is -2.47. The number of piperidine rings is 1. The Balaban J connectivity index is 1.59. The quantitative estimate of drug-likeness (QED) is 0.814. The highest BCUT2D eigenvalue weighted by atomic mass is 79.9. The average Bonchev–Trinajstić information content (AvgIpc) is 2.93. The fraction of sp³-hybridized carbons (Fsp3) is 0.588. The summed E-state index contributed by atoms with van der Waals surface area (Å²) in [7, 11) is 0. The van der Waals surface area contributed by atoms with Gasteiger partial charge in [-0.05, 0) is 57.4 Å². The molecule has 21 heavy (non-hydrogen) atoms. The van der Waals surface area contributed by atoms with Crippen LogP contribution in [0.5, 0.6) is 0 Å². The lowest BCUT2D eigenvalue weighted by atomic mass is 10.0. The Morgan fingerprint density at radius 2 is 1.95 bits per heavy atom. The Hall–Kier alpha value is -0.870. The van der Waals surface area contributed by atoms with E-state index in [0.29, 0.717) is 6.04 Å². The molecule has 1 atom stereocenters. The number of nitrogens with zero attached hydrogens (tertiary/aromatic N) is 2. The molecule has 2 aliphatic heterocycles. The van der Waals surface area contributed by atoms with E-state index in [1.807, 2.05) is 29.2 Å². The molecule has 3 nitrogen and oxygen atoms in total. The maximum absolute atomic E-state index is 12.5. The molecule has 1 aromatic rings. The van der Waals surface area contributed by atoms with Crippen LogP contribution in [0, 0.1) is 0 Å². The van der Waals surface area contributed by atoms with Gasteiger partial charge < -0.3 is 4.90 Å². The van der Waals surface area contributed by atoms with E-state index in [9.17, 15) is 4.79 Å². The summed E-state index contributed by atoms with van der Waals surface area (Å²) >= 11 is 3.44. The van der Waals surface area contributed by atoms with Gasteiger partial charge in [-0.15, -0.1) is 0 Å². The van der Waals surface area contributed by atoms with Crippen molar-refractivity contribution >= 4 is 21.8 Å². The predicted molar refractivity (Wildman–Crippen MR) is 88.5 cm³/mol. The summed E-state index contributed by atoms with van der Waals surface area (Å²) in [6, 6.07) is 9.10. The van der Waals surface area contributed by atoms with Crippen molar-refractivity contribution in [2.24, 2.45) is 0 Å². The van der Waals surface area contributed by atoms with Crippen LogP contribution in [0.25, 0.3) is 0 Å². The molecule has 1 amide bonds. The Labute approximate surface area is 135 Å². The van der Waals surface area contributed by atoms with E-state index in [1.165, 1.54) is 19.4 Å². The zero-order chi connectivity index (χ0) is 14.8. The number of hydrogen-bond acceptors (Lipinski definition) is 2. The predicted octanol–water partition coefficient (Wildman–Crippen LogP) is 3.54. The molecule has 2 fully saturated rings. The molecule has 0 radical (unpaired) electrons. The van der Waals surface area contributed by atoms with E-state index in [0.717, 1.165) is 42.0 Å². The minimum atomic E-state index is 0.171. The lowest BCUT2D eigenvalue weighted by Gasteiger charge is -2.38. The van der Waals surface area contributed by atoms with Gasteiger partial charge in [0.25, 0.3) is 5.91 Å². The van der Waals surface area contributed by atoms with E-state index >= 15 is 0 Å². The normalized spacial score (nSPS) is 24.5. The molecular formula is C17H23BrN2O. The van der Waals surface area contributed by atoms with Crippen LogP contribution in [0.15, 0.2) is 28.7 Å². The zero-order valence-corrected chi connectivity index (χ0v) is 14.2. The fourth-order valence-corrected chi connectivity index (χ4v) is 4.10. The Morgan fingerprint density at radius 3 is 2.57 bits per heavy atom. The first-order valence-corrected chi connectivity index (χ1v) is 8.75. The summed E-state index contributed by atoms with van der Waals surface area (Å²) in [5, 5.41) is 0. The molecule has 1 unspecified atom stereocenters. The van der Waals surface area contributed by atoms with Gasteiger partial charge in [-0.1, -0.05) is 22.0 Å². The summed E-state index contributed by atoms with van der Waals surface area (Å²) in [5.41, 5.74) is 0.789. The maximum Gasteiger partial charge on any atom is 0.253 e. The Kier molecular flexibility index (Phi) is 4.65. The first-order valence-electron chi connectivity index (χ1n) is 7.96. The van der Waals surface area contributed by atoms with E-state index in [1.54, 1.807) is 0 Å². The van der Waals surface area contributed by atoms with Crippen molar-refractivity contribution in [1.82, 2.24) is 9.80 Å². The topological polar surface area (TPSA) is 23.6 Å².